The van der Waals surface area contributed by atoms with Gasteiger partial charge in [0, 0.05) is 23.4 Å². The number of non-ortho nitro benzene ring substituents is 1. The predicted molar refractivity (Wildman–Crippen MR) is 124 cm³/mol. The number of carbonyl (C=O) groups excluding carboxylic acids is 2. The van der Waals surface area contributed by atoms with Gasteiger partial charge in [-0.2, -0.15) is 0 Å². The first-order chi connectivity index (χ1) is 15.8. The van der Waals surface area contributed by atoms with Gasteiger partial charge in [-0.05, 0) is 76.1 Å². The Morgan fingerprint density at radius 2 is 1.82 bits per heavy atom. The number of halogens is 2. The minimum Gasteiger partial charge on any atom is -0.496 e. The lowest BCUT2D eigenvalue weighted by Gasteiger charge is -2.12. The van der Waals surface area contributed by atoms with Crippen molar-refractivity contribution in [2.45, 2.75) is 0 Å². The number of carbonyl (C=O) groups is 2. The van der Waals surface area contributed by atoms with Crippen molar-refractivity contribution >= 4 is 45.2 Å². The zero-order chi connectivity index (χ0) is 24.0. The van der Waals surface area contributed by atoms with Gasteiger partial charge in [-0.1, -0.05) is 6.07 Å². The third-order valence-corrected chi connectivity index (χ3v) is 5.02. The smallest absolute Gasteiger partial charge is 0.272 e. The number of nitro groups is 1. The summed E-state index contributed by atoms with van der Waals surface area (Å²) in [7, 11) is 1.49. The van der Waals surface area contributed by atoms with E-state index in [9.17, 15) is 24.1 Å². The van der Waals surface area contributed by atoms with E-state index in [0.717, 1.165) is 6.07 Å². The Hall–Kier alpha value is -4.05. The van der Waals surface area contributed by atoms with E-state index in [1.165, 1.54) is 67.8 Å². The van der Waals surface area contributed by atoms with Crippen LogP contribution in [0.5, 0.6) is 5.75 Å². The van der Waals surface area contributed by atoms with Gasteiger partial charge in [-0.25, -0.2) is 4.39 Å². The van der Waals surface area contributed by atoms with Crippen LogP contribution >= 0.6 is 15.9 Å². The second kappa shape index (κ2) is 10.5. The highest BCUT2D eigenvalue weighted by Gasteiger charge is 2.17. The van der Waals surface area contributed by atoms with E-state index in [0.29, 0.717) is 15.8 Å². The average molecular weight is 514 g/mol. The monoisotopic (exact) mass is 513 g/mol. The number of nitrogens with one attached hydrogen (secondary N) is 2. The van der Waals surface area contributed by atoms with E-state index >= 15 is 0 Å². The van der Waals surface area contributed by atoms with Crippen LogP contribution in [-0.4, -0.2) is 23.8 Å². The van der Waals surface area contributed by atoms with Gasteiger partial charge >= 0.3 is 0 Å². The van der Waals surface area contributed by atoms with Crippen molar-refractivity contribution in [1.29, 1.82) is 0 Å². The number of hydrogen-bond acceptors (Lipinski definition) is 5. The standard InChI is InChI=1S/C23H17BrFN3O5/c1-33-21-10-7-15(12-19(21)24)22(29)27-20(11-14-5-8-18(9-6-14)28(31)32)23(30)26-17-4-2-3-16(25)13-17/h2-13H,1H3,(H,26,30)(H,27,29). The minimum atomic E-state index is -0.708. The van der Waals surface area contributed by atoms with Crippen molar-refractivity contribution in [1.82, 2.24) is 5.32 Å². The molecule has 0 spiro atoms. The first kappa shape index (κ1) is 23.6. The molecule has 0 radical (unpaired) electrons. The second-order valence-corrected chi connectivity index (χ2v) is 7.53. The summed E-state index contributed by atoms with van der Waals surface area (Å²) in [6, 6.07) is 15.3. The molecule has 2 N–H and O–H groups in total. The fourth-order valence-electron chi connectivity index (χ4n) is 2.78. The molecule has 3 rings (SSSR count). The van der Waals surface area contributed by atoms with Crippen molar-refractivity contribution < 1.29 is 23.6 Å². The molecule has 0 aliphatic heterocycles. The van der Waals surface area contributed by atoms with Crippen LogP contribution in [0.1, 0.15) is 15.9 Å². The van der Waals surface area contributed by atoms with Crippen LogP contribution in [0, 0.1) is 15.9 Å². The Labute approximate surface area is 196 Å². The molecule has 33 heavy (non-hydrogen) atoms. The molecule has 0 aliphatic rings. The molecular weight excluding hydrogens is 497 g/mol. The Bertz CT molecular complexity index is 1250. The highest BCUT2D eigenvalue weighted by atomic mass is 79.9. The van der Waals surface area contributed by atoms with Crippen molar-refractivity contribution in [3.63, 3.8) is 0 Å². The van der Waals surface area contributed by atoms with Gasteiger partial charge in [0.25, 0.3) is 17.5 Å². The maximum absolute atomic E-state index is 13.5. The van der Waals surface area contributed by atoms with Crippen LogP contribution in [0.2, 0.25) is 0 Å². The number of anilines is 1. The Morgan fingerprint density at radius 1 is 1.09 bits per heavy atom. The van der Waals surface area contributed by atoms with E-state index in [2.05, 4.69) is 26.6 Å². The summed E-state index contributed by atoms with van der Waals surface area (Å²) >= 11 is 3.30. The topological polar surface area (TPSA) is 111 Å². The summed E-state index contributed by atoms with van der Waals surface area (Å²) in [5.74, 6) is -1.31. The third kappa shape index (κ3) is 6.23. The zero-order valence-corrected chi connectivity index (χ0v) is 18.8. The second-order valence-electron chi connectivity index (χ2n) is 6.67. The van der Waals surface area contributed by atoms with E-state index in [1.54, 1.807) is 6.07 Å². The molecule has 3 aromatic carbocycles. The molecule has 168 valence electrons. The summed E-state index contributed by atoms with van der Waals surface area (Å²) in [6.45, 7) is 0. The highest BCUT2D eigenvalue weighted by Crippen LogP contribution is 2.25. The van der Waals surface area contributed by atoms with Gasteiger partial charge in [0.1, 0.15) is 17.3 Å². The Morgan fingerprint density at radius 3 is 2.42 bits per heavy atom. The van der Waals surface area contributed by atoms with Crippen LogP contribution in [-0.2, 0) is 4.79 Å². The van der Waals surface area contributed by atoms with E-state index in [4.69, 9.17) is 4.74 Å². The summed E-state index contributed by atoms with van der Waals surface area (Å²) in [6.07, 6.45) is 1.36. The summed E-state index contributed by atoms with van der Waals surface area (Å²) in [5.41, 5.74) is 0.600. The largest absolute Gasteiger partial charge is 0.496 e. The summed E-state index contributed by atoms with van der Waals surface area (Å²) in [4.78, 5) is 36.0. The molecule has 0 aliphatic carbocycles. The molecule has 0 aromatic heterocycles. The number of nitrogens with zero attached hydrogens (tertiary/aromatic N) is 1. The minimum absolute atomic E-state index is 0.120. The molecule has 0 bridgehead atoms. The molecule has 0 saturated heterocycles. The van der Waals surface area contributed by atoms with E-state index in [-0.39, 0.29) is 22.6 Å². The van der Waals surface area contributed by atoms with Crippen LogP contribution in [0.15, 0.2) is 76.9 Å². The van der Waals surface area contributed by atoms with Gasteiger partial charge in [-0.3, -0.25) is 19.7 Å². The Balaban J connectivity index is 1.91. The highest BCUT2D eigenvalue weighted by molar-refractivity contribution is 9.10. The average Bonchev–Trinajstić information content (AvgIpc) is 2.78. The maximum Gasteiger partial charge on any atom is 0.272 e. The van der Waals surface area contributed by atoms with Crippen molar-refractivity contribution in [2.24, 2.45) is 0 Å². The first-order valence-corrected chi connectivity index (χ1v) is 10.2. The molecule has 8 nitrogen and oxygen atoms in total. The molecule has 10 heteroatoms. The molecular formula is C23H17BrFN3O5. The number of rotatable bonds is 7. The van der Waals surface area contributed by atoms with Gasteiger partial charge in [-0.15, -0.1) is 0 Å². The van der Waals surface area contributed by atoms with Gasteiger partial charge in [0.05, 0.1) is 16.5 Å². The number of nitro benzene ring substituents is 1. The lowest BCUT2D eigenvalue weighted by Crippen LogP contribution is -2.30. The quantitative estimate of drug-likeness (QED) is 0.264. The van der Waals surface area contributed by atoms with E-state index < -0.39 is 22.6 Å². The third-order valence-electron chi connectivity index (χ3n) is 4.40. The van der Waals surface area contributed by atoms with Crippen LogP contribution in [0.4, 0.5) is 15.8 Å². The number of benzene rings is 3. The predicted octanol–water partition coefficient (Wildman–Crippen LogP) is 4.91. The van der Waals surface area contributed by atoms with Crippen molar-refractivity contribution in [3.8, 4) is 5.75 Å². The number of hydrogen-bond donors (Lipinski definition) is 2. The fraction of sp³-hybridized carbons (Fsp3) is 0.0435. The zero-order valence-electron chi connectivity index (χ0n) is 17.2. The summed E-state index contributed by atoms with van der Waals surface area (Å²) < 4.78 is 19.2. The van der Waals surface area contributed by atoms with Crippen LogP contribution in [0.3, 0.4) is 0 Å². The van der Waals surface area contributed by atoms with Gasteiger partial charge in [0.15, 0.2) is 0 Å². The van der Waals surface area contributed by atoms with Crippen molar-refractivity contribution in [2.75, 3.05) is 12.4 Å². The van der Waals surface area contributed by atoms with E-state index in [1.807, 2.05) is 0 Å². The fourth-order valence-corrected chi connectivity index (χ4v) is 3.32. The lowest BCUT2D eigenvalue weighted by atomic mass is 10.1. The molecule has 0 fully saturated rings. The first-order valence-electron chi connectivity index (χ1n) is 9.45. The molecule has 0 unspecified atom stereocenters. The molecule has 2 amide bonds. The number of amides is 2. The SMILES string of the molecule is COc1ccc(C(=O)NC(=Cc2ccc([N+](=O)[O-])cc2)C(=O)Nc2cccc(F)c2)cc1Br. The normalized spacial score (nSPS) is 10.9. The number of methoxy groups -OCH3 is 1. The van der Waals surface area contributed by atoms with Gasteiger partial charge in [0.2, 0.25) is 0 Å². The van der Waals surface area contributed by atoms with Gasteiger partial charge < -0.3 is 15.4 Å². The van der Waals surface area contributed by atoms with Crippen molar-refractivity contribution in [3.05, 3.63) is 104 Å². The summed E-state index contributed by atoms with van der Waals surface area (Å²) in [5, 5.41) is 15.9. The van der Waals surface area contributed by atoms with Crippen LogP contribution < -0.4 is 15.4 Å². The number of ether oxygens (including phenoxy) is 1. The molecule has 0 saturated carbocycles. The van der Waals surface area contributed by atoms with Crippen LogP contribution in [0.25, 0.3) is 6.08 Å². The Kier molecular flexibility index (Phi) is 7.52. The molecule has 0 atom stereocenters. The molecule has 3 aromatic rings. The molecule has 0 heterocycles. The maximum atomic E-state index is 13.5. The lowest BCUT2D eigenvalue weighted by molar-refractivity contribution is -0.384.